The van der Waals surface area contributed by atoms with Crippen molar-refractivity contribution in [1.29, 1.82) is 0 Å². The van der Waals surface area contributed by atoms with Crippen LogP contribution in [0.2, 0.25) is 0 Å². The highest BCUT2D eigenvalue weighted by atomic mass is 16.5. The number of hydrogen-bond donors (Lipinski definition) is 1. The normalized spacial score (nSPS) is 24.0. The molecule has 1 saturated heterocycles. The minimum absolute atomic E-state index is 0.0868. The Kier molecular flexibility index (Phi) is 4.37. The lowest BCUT2D eigenvalue weighted by molar-refractivity contribution is -0.0801. The lowest BCUT2D eigenvalue weighted by atomic mass is 10.1. The molecule has 0 saturated carbocycles. The summed E-state index contributed by atoms with van der Waals surface area (Å²) in [6, 6.07) is 7.19. The highest BCUT2D eigenvalue weighted by Gasteiger charge is 2.26. The van der Waals surface area contributed by atoms with E-state index in [1.807, 2.05) is 20.8 Å². The number of H-pyrrole nitrogens is 1. The maximum atomic E-state index is 12.6. The van der Waals surface area contributed by atoms with Crippen LogP contribution in [0.15, 0.2) is 33.9 Å². The van der Waals surface area contributed by atoms with Crippen LogP contribution in [0.25, 0.3) is 10.9 Å². The third kappa shape index (κ3) is 3.23. The van der Waals surface area contributed by atoms with Crippen molar-refractivity contribution in [2.45, 2.75) is 45.6 Å². The molecule has 3 atom stereocenters. The molecule has 3 rings (SSSR count). The third-order valence-corrected chi connectivity index (χ3v) is 4.41. The van der Waals surface area contributed by atoms with E-state index in [4.69, 9.17) is 4.74 Å². The molecule has 6 nitrogen and oxygen atoms in total. The Morgan fingerprint density at radius 1 is 1.22 bits per heavy atom. The molecule has 1 aromatic carbocycles. The van der Waals surface area contributed by atoms with E-state index in [0.717, 1.165) is 13.1 Å². The SMILES string of the molecule is C[C@@H]1CN([C@@H](C)Cn2c(=O)[nH]c3ccccc3c2=O)C[C@@H](C)O1. The van der Waals surface area contributed by atoms with E-state index in [0.29, 0.717) is 17.4 Å². The van der Waals surface area contributed by atoms with Crippen LogP contribution in [-0.4, -0.2) is 45.8 Å². The van der Waals surface area contributed by atoms with Gasteiger partial charge in [-0.25, -0.2) is 4.79 Å². The molecule has 2 aromatic rings. The van der Waals surface area contributed by atoms with Gasteiger partial charge in [0.2, 0.25) is 0 Å². The first-order valence-corrected chi connectivity index (χ1v) is 8.07. The van der Waals surface area contributed by atoms with Gasteiger partial charge in [0.25, 0.3) is 5.56 Å². The highest BCUT2D eigenvalue weighted by molar-refractivity contribution is 5.76. The van der Waals surface area contributed by atoms with E-state index < -0.39 is 0 Å². The van der Waals surface area contributed by atoms with Gasteiger partial charge in [-0.2, -0.15) is 0 Å². The van der Waals surface area contributed by atoms with Crippen molar-refractivity contribution in [2.75, 3.05) is 13.1 Å². The van der Waals surface area contributed by atoms with Gasteiger partial charge in [-0.15, -0.1) is 0 Å². The average Bonchev–Trinajstić information content (AvgIpc) is 2.50. The van der Waals surface area contributed by atoms with E-state index in [1.165, 1.54) is 4.57 Å². The molecule has 1 aliphatic rings. The Morgan fingerprint density at radius 3 is 2.57 bits per heavy atom. The standard InChI is InChI=1S/C17H23N3O3/c1-11(19-9-12(2)23-13(3)10-19)8-20-16(21)14-6-4-5-7-15(14)18-17(20)22/h4-7,11-13H,8-10H2,1-3H3,(H,18,22)/t11-,12+,13+/m0/s1. The number of hydrogen-bond acceptors (Lipinski definition) is 4. The summed E-state index contributed by atoms with van der Waals surface area (Å²) in [6.07, 6.45) is 0.320. The minimum Gasteiger partial charge on any atom is -0.373 e. The first-order chi connectivity index (χ1) is 11.0. The fraction of sp³-hybridized carbons (Fsp3) is 0.529. The quantitative estimate of drug-likeness (QED) is 0.923. The fourth-order valence-corrected chi connectivity index (χ4v) is 3.32. The van der Waals surface area contributed by atoms with Gasteiger partial charge in [0.1, 0.15) is 0 Å². The highest BCUT2D eigenvalue weighted by Crippen LogP contribution is 2.14. The van der Waals surface area contributed by atoms with Gasteiger partial charge in [0.05, 0.1) is 23.1 Å². The van der Waals surface area contributed by atoms with Crippen molar-refractivity contribution in [2.24, 2.45) is 0 Å². The second kappa shape index (κ2) is 6.29. The van der Waals surface area contributed by atoms with Crippen molar-refractivity contribution in [3.63, 3.8) is 0 Å². The summed E-state index contributed by atoms with van der Waals surface area (Å²) >= 11 is 0. The van der Waals surface area contributed by atoms with Gasteiger partial charge < -0.3 is 9.72 Å². The van der Waals surface area contributed by atoms with E-state index in [2.05, 4.69) is 9.88 Å². The van der Waals surface area contributed by atoms with Crippen LogP contribution >= 0.6 is 0 Å². The third-order valence-electron chi connectivity index (χ3n) is 4.41. The number of nitrogens with one attached hydrogen (secondary N) is 1. The number of benzene rings is 1. The maximum Gasteiger partial charge on any atom is 0.328 e. The molecule has 0 aliphatic carbocycles. The van der Waals surface area contributed by atoms with Crippen molar-refractivity contribution in [3.05, 3.63) is 45.1 Å². The molecule has 0 spiro atoms. The summed E-state index contributed by atoms with van der Waals surface area (Å²) in [5.41, 5.74) is 0.000447. The molecule has 2 heterocycles. The van der Waals surface area contributed by atoms with Crippen molar-refractivity contribution >= 4 is 10.9 Å². The lowest BCUT2D eigenvalue weighted by Gasteiger charge is -2.39. The molecule has 0 radical (unpaired) electrons. The van der Waals surface area contributed by atoms with Crippen LogP contribution < -0.4 is 11.2 Å². The Labute approximate surface area is 134 Å². The molecular weight excluding hydrogens is 294 g/mol. The fourth-order valence-electron chi connectivity index (χ4n) is 3.32. The Balaban J connectivity index is 1.89. The number of para-hydroxylation sites is 1. The molecule has 6 heteroatoms. The van der Waals surface area contributed by atoms with Crippen LogP contribution in [0.5, 0.6) is 0 Å². The second-order valence-corrected chi connectivity index (χ2v) is 6.45. The summed E-state index contributed by atoms with van der Waals surface area (Å²) in [5, 5.41) is 0.544. The lowest BCUT2D eigenvalue weighted by Crippen LogP contribution is -2.52. The monoisotopic (exact) mass is 317 g/mol. The van der Waals surface area contributed by atoms with E-state index in [-0.39, 0.29) is 29.5 Å². The topological polar surface area (TPSA) is 67.3 Å². The van der Waals surface area contributed by atoms with Crippen molar-refractivity contribution in [3.8, 4) is 0 Å². The Morgan fingerprint density at radius 2 is 1.87 bits per heavy atom. The zero-order chi connectivity index (χ0) is 16.6. The van der Waals surface area contributed by atoms with Crippen LogP contribution in [0.4, 0.5) is 0 Å². The molecular formula is C17H23N3O3. The van der Waals surface area contributed by atoms with Gasteiger partial charge in [0.15, 0.2) is 0 Å². The van der Waals surface area contributed by atoms with Crippen LogP contribution in [0, 0.1) is 0 Å². The number of rotatable bonds is 3. The summed E-state index contributed by atoms with van der Waals surface area (Å²) in [7, 11) is 0. The Hall–Kier alpha value is -1.92. The molecule has 0 bridgehead atoms. The zero-order valence-electron chi connectivity index (χ0n) is 13.8. The minimum atomic E-state index is -0.352. The summed E-state index contributed by atoms with van der Waals surface area (Å²) in [4.78, 5) is 29.9. The molecule has 1 aliphatic heterocycles. The largest absolute Gasteiger partial charge is 0.373 e. The number of nitrogens with zero attached hydrogens (tertiary/aromatic N) is 2. The molecule has 1 fully saturated rings. The van der Waals surface area contributed by atoms with Gasteiger partial charge >= 0.3 is 5.69 Å². The smallest absolute Gasteiger partial charge is 0.328 e. The first kappa shape index (κ1) is 16.0. The van der Waals surface area contributed by atoms with Gasteiger partial charge in [-0.05, 0) is 32.9 Å². The number of ether oxygens (including phenoxy) is 1. The van der Waals surface area contributed by atoms with Gasteiger partial charge in [0, 0.05) is 25.7 Å². The van der Waals surface area contributed by atoms with Gasteiger partial charge in [-0.3, -0.25) is 14.3 Å². The molecule has 0 amide bonds. The van der Waals surface area contributed by atoms with Crippen LogP contribution in [0.3, 0.4) is 0 Å². The van der Waals surface area contributed by atoms with Crippen molar-refractivity contribution in [1.82, 2.24) is 14.5 Å². The summed E-state index contributed by atoms with van der Waals surface area (Å²) in [6.45, 7) is 8.14. The maximum absolute atomic E-state index is 12.6. The predicted octanol–water partition coefficient (Wildman–Crippen LogP) is 1.19. The summed E-state index contributed by atoms with van der Waals surface area (Å²) < 4.78 is 7.05. The molecule has 1 aromatic heterocycles. The molecule has 0 unspecified atom stereocenters. The second-order valence-electron chi connectivity index (χ2n) is 6.45. The molecule has 23 heavy (non-hydrogen) atoms. The van der Waals surface area contributed by atoms with Crippen molar-refractivity contribution < 1.29 is 4.74 Å². The number of aromatic amines is 1. The predicted molar refractivity (Wildman–Crippen MR) is 89.9 cm³/mol. The van der Waals surface area contributed by atoms with E-state index >= 15 is 0 Å². The number of morpholine rings is 1. The zero-order valence-corrected chi connectivity index (χ0v) is 13.8. The van der Waals surface area contributed by atoms with Crippen LogP contribution in [0.1, 0.15) is 20.8 Å². The van der Waals surface area contributed by atoms with Gasteiger partial charge in [-0.1, -0.05) is 12.1 Å². The number of aromatic nitrogens is 2. The number of fused-ring (bicyclic) bond motifs is 1. The average molecular weight is 317 g/mol. The molecule has 124 valence electrons. The molecule has 1 N–H and O–H groups in total. The van der Waals surface area contributed by atoms with E-state index in [9.17, 15) is 9.59 Å². The summed E-state index contributed by atoms with van der Waals surface area (Å²) in [5.74, 6) is 0. The Bertz CT molecular complexity index is 801. The van der Waals surface area contributed by atoms with Crippen LogP contribution in [-0.2, 0) is 11.3 Å². The first-order valence-electron chi connectivity index (χ1n) is 8.07. The van der Waals surface area contributed by atoms with E-state index in [1.54, 1.807) is 24.3 Å².